The number of nitrogens with one attached hydrogen (secondary N) is 2. The number of Topliss-reactive ketones (excluding diaryl/α,β-unsaturated/α-hetero) is 1. The second-order valence-corrected chi connectivity index (χ2v) is 9.41. The van der Waals surface area contributed by atoms with Gasteiger partial charge in [0.25, 0.3) is 0 Å². The Hall–Kier alpha value is -4.24. The largest absolute Gasteiger partial charge is 0.495 e. The van der Waals surface area contributed by atoms with Gasteiger partial charge in [0.1, 0.15) is 29.0 Å². The molecule has 3 N–H and O–H groups in total. The summed E-state index contributed by atoms with van der Waals surface area (Å²) in [5.41, 5.74) is -0.734. The van der Waals surface area contributed by atoms with Gasteiger partial charge in [0.05, 0.1) is 37.1 Å². The Balaban J connectivity index is 1.78. The van der Waals surface area contributed by atoms with Crippen molar-refractivity contribution in [3.63, 3.8) is 0 Å². The van der Waals surface area contributed by atoms with Gasteiger partial charge >= 0.3 is 0 Å². The van der Waals surface area contributed by atoms with Crippen molar-refractivity contribution in [1.82, 2.24) is 0 Å². The average Bonchev–Trinajstić information content (AvgIpc) is 2.88. The first-order chi connectivity index (χ1) is 18.2. The van der Waals surface area contributed by atoms with Crippen LogP contribution in [0.4, 0.5) is 15.8 Å². The molecular weight excluding hydrogens is 491 g/mol. The summed E-state index contributed by atoms with van der Waals surface area (Å²) in [4.78, 5) is 40.8. The number of rotatable bonds is 7. The van der Waals surface area contributed by atoms with Crippen molar-refractivity contribution in [2.45, 2.75) is 24.9 Å². The summed E-state index contributed by atoms with van der Waals surface area (Å²) in [6.45, 7) is 1.39. The van der Waals surface area contributed by atoms with Crippen LogP contribution in [0.5, 0.6) is 11.5 Å². The van der Waals surface area contributed by atoms with Crippen molar-refractivity contribution < 1.29 is 33.4 Å². The minimum absolute atomic E-state index is 0.345. The molecule has 0 heterocycles. The number of halogens is 1. The number of hydrogen-bond acceptors (Lipinski definition) is 6. The molecule has 0 aromatic heterocycles. The van der Waals surface area contributed by atoms with E-state index in [0.29, 0.717) is 28.4 Å². The molecule has 8 nitrogen and oxygen atoms in total. The molecule has 9 heteroatoms. The van der Waals surface area contributed by atoms with E-state index in [1.165, 1.54) is 45.4 Å². The van der Waals surface area contributed by atoms with E-state index in [0.717, 1.165) is 0 Å². The first-order valence-electron chi connectivity index (χ1n) is 12.0. The van der Waals surface area contributed by atoms with E-state index in [4.69, 9.17) is 9.47 Å². The fourth-order valence-electron chi connectivity index (χ4n) is 5.09. The smallest absolute Gasteiger partial charge is 0.235 e. The van der Waals surface area contributed by atoms with Crippen molar-refractivity contribution in [2.75, 3.05) is 24.9 Å². The number of carbonyl (C=O) groups is 3. The van der Waals surface area contributed by atoms with Gasteiger partial charge in [0.2, 0.25) is 11.8 Å². The van der Waals surface area contributed by atoms with Crippen molar-refractivity contribution in [3.05, 3.63) is 84.2 Å². The Kier molecular flexibility index (Phi) is 7.78. The topological polar surface area (TPSA) is 114 Å². The fourth-order valence-corrected chi connectivity index (χ4v) is 5.09. The van der Waals surface area contributed by atoms with Crippen LogP contribution in [0, 0.1) is 17.7 Å². The summed E-state index contributed by atoms with van der Waals surface area (Å²) in [7, 11) is 2.91. The molecule has 3 aromatic rings. The predicted molar refractivity (Wildman–Crippen MR) is 140 cm³/mol. The summed E-state index contributed by atoms with van der Waals surface area (Å²) < 4.78 is 24.5. The first-order valence-corrected chi connectivity index (χ1v) is 12.0. The average molecular weight is 521 g/mol. The van der Waals surface area contributed by atoms with E-state index >= 15 is 0 Å². The summed E-state index contributed by atoms with van der Waals surface area (Å²) in [5, 5.41) is 16.9. The molecule has 1 fully saturated rings. The highest BCUT2D eigenvalue weighted by atomic mass is 19.1. The maximum Gasteiger partial charge on any atom is 0.235 e. The highest BCUT2D eigenvalue weighted by molar-refractivity contribution is 6.11. The van der Waals surface area contributed by atoms with Crippen LogP contribution in [0.2, 0.25) is 0 Å². The van der Waals surface area contributed by atoms with Crippen LogP contribution in [0.3, 0.4) is 0 Å². The molecule has 2 amide bonds. The van der Waals surface area contributed by atoms with Gasteiger partial charge in [-0.3, -0.25) is 14.4 Å². The standard InChI is InChI=1S/C29H29FN2O6/c1-29(36)16-21(33)25(27(34)31-19-8-4-6-10-22(19)37-2)24(17-12-14-18(30)15-13-17)26(29)28(35)32-20-9-5-7-11-23(20)38-3/h4-15,24-26,36H,16H2,1-3H3,(H,31,34)(H,32,35)/t24-,25-,26-,29+/m1/s1. The Morgan fingerprint density at radius 2 is 1.37 bits per heavy atom. The van der Waals surface area contributed by atoms with Gasteiger partial charge in [0.15, 0.2) is 0 Å². The molecule has 1 aliphatic carbocycles. The molecule has 4 rings (SSSR count). The van der Waals surface area contributed by atoms with Gasteiger partial charge in [0, 0.05) is 12.3 Å². The summed E-state index contributed by atoms with van der Waals surface area (Å²) in [6, 6.07) is 18.7. The van der Waals surface area contributed by atoms with E-state index in [1.807, 2.05) is 0 Å². The Morgan fingerprint density at radius 3 is 1.89 bits per heavy atom. The molecular formula is C29H29FN2O6. The van der Waals surface area contributed by atoms with Crippen molar-refractivity contribution in [2.24, 2.45) is 11.8 Å². The highest BCUT2D eigenvalue weighted by Gasteiger charge is 2.56. The van der Waals surface area contributed by atoms with Crippen LogP contribution in [-0.2, 0) is 14.4 Å². The van der Waals surface area contributed by atoms with Crippen LogP contribution in [0.15, 0.2) is 72.8 Å². The lowest BCUT2D eigenvalue weighted by molar-refractivity contribution is -0.150. The number of carbonyl (C=O) groups excluding carboxylic acids is 3. The van der Waals surface area contributed by atoms with E-state index in [2.05, 4.69) is 10.6 Å². The predicted octanol–water partition coefficient (Wildman–Crippen LogP) is 4.16. The van der Waals surface area contributed by atoms with Crippen molar-refractivity contribution in [1.29, 1.82) is 0 Å². The number of aliphatic hydroxyl groups is 1. The number of amides is 2. The zero-order valence-corrected chi connectivity index (χ0v) is 21.2. The van der Waals surface area contributed by atoms with Crippen LogP contribution < -0.4 is 20.1 Å². The van der Waals surface area contributed by atoms with Gasteiger partial charge in [-0.05, 0) is 48.9 Å². The second kappa shape index (κ2) is 11.0. The Bertz CT molecular complexity index is 1340. The number of para-hydroxylation sites is 4. The molecule has 198 valence electrons. The SMILES string of the molecule is COc1ccccc1NC(=O)[C@@H]1C(=O)C[C@](C)(O)[C@@H](C(=O)Nc2ccccc2OC)[C@@H]1c1ccc(F)cc1. The van der Waals surface area contributed by atoms with Gasteiger partial charge < -0.3 is 25.2 Å². The summed E-state index contributed by atoms with van der Waals surface area (Å²) >= 11 is 0. The Morgan fingerprint density at radius 1 is 0.868 bits per heavy atom. The molecule has 0 bridgehead atoms. The number of hydrogen-bond donors (Lipinski definition) is 3. The van der Waals surface area contributed by atoms with Crippen molar-refractivity contribution >= 4 is 29.0 Å². The van der Waals surface area contributed by atoms with Crippen LogP contribution in [-0.4, -0.2) is 42.5 Å². The third-order valence-electron chi connectivity index (χ3n) is 6.82. The zero-order valence-electron chi connectivity index (χ0n) is 21.2. The zero-order chi connectivity index (χ0) is 27.4. The molecule has 0 saturated heterocycles. The lowest BCUT2D eigenvalue weighted by Crippen LogP contribution is -2.56. The minimum Gasteiger partial charge on any atom is -0.495 e. The third kappa shape index (κ3) is 5.38. The quantitative estimate of drug-likeness (QED) is 0.403. The van der Waals surface area contributed by atoms with Gasteiger partial charge in [-0.15, -0.1) is 0 Å². The molecule has 0 spiro atoms. The number of ketones is 1. The first kappa shape index (κ1) is 26.8. The summed E-state index contributed by atoms with van der Waals surface area (Å²) in [5.74, 6) is -5.25. The van der Waals surface area contributed by atoms with Crippen LogP contribution in [0.25, 0.3) is 0 Å². The lowest BCUT2D eigenvalue weighted by Gasteiger charge is -2.44. The Labute approximate surface area is 219 Å². The number of benzene rings is 3. The molecule has 1 saturated carbocycles. The second-order valence-electron chi connectivity index (χ2n) is 9.41. The van der Waals surface area contributed by atoms with Gasteiger partial charge in [-0.1, -0.05) is 36.4 Å². The molecule has 0 unspecified atom stereocenters. The number of ether oxygens (including phenoxy) is 2. The molecule has 1 aliphatic rings. The van der Waals surface area contributed by atoms with Crippen LogP contribution >= 0.6 is 0 Å². The molecule has 0 aliphatic heterocycles. The molecule has 3 aromatic carbocycles. The highest BCUT2D eigenvalue weighted by Crippen LogP contribution is 2.47. The molecule has 38 heavy (non-hydrogen) atoms. The van der Waals surface area contributed by atoms with Crippen LogP contribution in [0.1, 0.15) is 24.8 Å². The van der Waals surface area contributed by atoms with Gasteiger partial charge in [-0.25, -0.2) is 4.39 Å². The summed E-state index contributed by atoms with van der Waals surface area (Å²) in [6.07, 6.45) is -0.432. The third-order valence-corrected chi connectivity index (χ3v) is 6.82. The van der Waals surface area contributed by atoms with E-state index in [1.54, 1.807) is 48.5 Å². The van der Waals surface area contributed by atoms with E-state index < -0.39 is 53.2 Å². The number of anilines is 2. The van der Waals surface area contributed by atoms with Crippen molar-refractivity contribution in [3.8, 4) is 11.5 Å². The monoisotopic (exact) mass is 520 g/mol. The normalized spacial score (nSPS) is 22.9. The maximum absolute atomic E-state index is 13.8. The number of methoxy groups -OCH3 is 2. The minimum atomic E-state index is -1.80. The molecule has 0 radical (unpaired) electrons. The fraction of sp³-hybridized carbons (Fsp3) is 0.276. The lowest BCUT2D eigenvalue weighted by atomic mass is 9.61. The van der Waals surface area contributed by atoms with E-state index in [-0.39, 0.29) is 0 Å². The van der Waals surface area contributed by atoms with Gasteiger partial charge in [-0.2, -0.15) is 0 Å². The maximum atomic E-state index is 13.8. The molecule has 4 atom stereocenters. The van der Waals surface area contributed by atoms with E-state index in [9.17, 15) is 23.9 Å².